The molecule has 0 saturated heterocycles. The van der Waals surface area contributed by atoms with Crippen molar-refractivity contribution in [3.63, 3.8) is 0 Å². The first-order valence-electron chi connectivity index (χ1n) is 5.19. The summed E-state index contributed by atoms with van der Waals surface area (Å²) in [4.78, 5) is 10.3. The van der Waals surface area contributed by atoms with Crippen molar-refractivity contribution in [1.82, 2.24) is 5.32 Å². The molecule has 0 aromatic heterocycles. The van der Waals surface area contributed by atoms with E-state index < -0.39 is 5.97 Å². The molecule has 1 aromatic carbocycles. The summed E-state index contributed by atoms with van der Waals surface area (Å²) in [7, 11) is 1.63. The molecule has 0 amide bonds. The molecular formula is C12H17NO3. The van der Waals surface area contributed by atoms with Gasteiger partial charge >= 0.3 is 5.97 Å². The number of benzene rings is 1. The number of carboxylic acids is 1. The van der Waals surface area contributed by atoms with E-state index in [1.54, 1.807) is 7.11 Å². The summed E-state index contributed by atoms with van der Waals surface area (Å²) in [6.45, 7) is 3.10. The fourth-order valence-electron chi connectivity index (χ4n) is 1.46. The normalized spacial score (nSPS) is 10.1. The Bertz CT molecular complexity index is 363. The molecule has 0 aliphatic rings. The maximum atomic E-state index is 10.3. The topological polar surface area (TPSA) is 58.6 Å². The van der Waals surface area contributed by atoms with Crippen molar-refractivity contribution in [2.75, 3.05) is 13.7 Å². The smallest absolute Gasteiger partial charge is 0.304 e. The highest BCUT2D eigenvalue weighted by molar-refractivity contribution is 5.66. The van der Waals surface area contributed by atoms with E-state index in [9.17, 15) is 4.79 Å². The Labute approximate surface area is 95.2 Å². The van der Waals surface area contributed by atoms with E-state index in [-0.39, 0.29) is 6.42 Å². The summed E-state index contributed by atoms with van der Waals surface area (Å²) in [6, 6.07) is 5.94. The average Bonchev–Trinajstić information content (AvgIpc) is 2.24. The van der Waals surface area contributed by atoms with Crippen LogP contribution >= 0.6 is 0 Å². The van der Waals surface area contributed by atoms with Crippen LogP contribution in [0.1, 0.15) is 17.5 Å². The number of nitrogens with one attached hydrogen (secondary N) is 1. The Morgan fingerprint density at radius 3 is 2.88 bits per heavy atom. The third-order valence-corrected chi connectivity index (χ3v) is 2.27. The Hall–Kier alpha value is -1.55. The van der Waals surface area contributed by atoms with E-state index in [0.29, 0.717) is 13.1 Å². The molecule has 88 valence electrons. The number of carbonyl (C=O) groups is 1. The lowest BCUT2D eigenvalue weighted by Crippen LogP contribution is -2.18. The molecule has 4 nitrogen and oxygen atoms in total. The highest BCUT2D eigenvalue weighted by atomic mass is 16.5. The van der Waals surface area contributed by atoms with Crippen LogP contribution < -0.4 is 10.1 Å². The number of carboxylic acid groups (broad SMARTS) is 1. The van der Waals surface area contributed by atoms with Gasteiger partial charge in [0, 0.05) is 18.7 Å². The van der Waals surface area contributed by atoms with Gasteiger partial charge in [-0.1, -0.05) is 17.7 Å². The molecule has 16 heavy (non-hydrogen) atoms. The first-order chi connectivity index (χ1) is 7.63. The third kappa shape index (κ3) is 3.90. The minimum atomic E-state index is -0.788. The standard InChI is InChI=1S/C12H17NO3/c1-9-3-4-11(16-2)10(7-9)8-13-6-5-12(14)15/h3-4,7,13H,5-6,8H2,1-2H3,(H,14,15). The molecule has 0 unspecified atom stereocenters. The molecule has 0 aliphatic carbocycles. The molecule has 2 N–H and O–H groups in total. The number of rotatable bonds is 6. The molecular weight excluding hydrogens is 206 g/mol. The second-order valence-electron chi connectivity index (χ2n) is 3.64. The number of aliphatic carboxylic acids is 1. The van der Waals surface area contributed by atoms with Gasteiger partial charge in [-0.25, -0.2) is 0 Å². The van der Waals surface area contributed by atoms with Crippen LogP contribution in [0.3, 0.4) is 0 Å². The van der Waals surface area contributed by atoms with E-state index in [4.69, 9.17) is 9.84 Å². The van der Waals surface area contributed by atoms with Gasteiger partial charge < -0.3 is 15.2 Å². The number of hydrogen-bond acceptors (Lipinski definition) is 3. The van der Waals surface area contributed by atoms with Gasteiger partial charge in [-0.3, -0.25) is 4.79 Å². The van der Waals surface area contributed by atoms with Crippen molar-refractivity contribution in [1.29, 1.82) is 0 Å². The number of methoxy groups -OCH3 is 1. The summed E-state index contributed by atoms with van der Waals surface area (Å²) in [5, 5.41) is 11.6. The summed E-state index contributed by atoms with van der Waals surface area (Å²) in [5.74, 6) is 0.0390. The maximum Gasteiger partial charge on any atom is 0.304 e. The van der Waals surface area contributed by atoms with Gasteiger partial charge in [0.15, 0.2) is 0 Å². The molecule has 0 spiro atoms. The zero-order valence-corrected chi connectivity index (χ0v) is 9.62. The van der Waals surface area contributed by atoms with Gasteiger partial charge in [-0.15, -0.1) is 0 Å². The van der Waals surface area contributed by atoms with Crippen LogP contribution in [0.4, 0.5) is 0 Å². The minimum Gasteiger partial charge on any atom is -0.496 e. The molecule has 0 bridgehead atoms. The Balaban J connectivity index is 2.51. The van der Waals surface area contributed by atoms with E-state index in [1.165, 1.54) is 0 Å². The van der Waals surface area contributed by atoms with Crippen molar-refractivity contribution < 1.29 is 14.6 Å². The number of aryl methyl sites for hydroxylation is 1. The van der Waals surface area contributed by atoms with Crippen LogP contribution in [0.25, 0.3) is 0 Å². The van der Waals surface area contributed by atoms with Crippen molar-refractivity contribution in [2.24, 2.45) is 0 Å². The van der Waals surface area contributed by atoms with Gasteiger partial charge in [-0.05, 0) is 13.0 Å². The lowest BCUT2D eigenvalue weighted by atomic mass is 10.1. The zero-order chi connectivity index (χ0) is 12.0. The number of hydrogen-bond donors (Lipinski definition) is 2. The van der Waals surface area contributed by atoms with Crippen molar-refractivity contribution in [3.8, 4) is 5.75 Å². The lowest BCUT2D eigenvalue weighted by Gasteiger charge is -2.10. The van der Waals surface area contributed by atoms with E-state index >= 15 is 0 Å². The van der Waals surface area contributed by atoms with Gasteiger partial charge in [0.05, 0.1) is 13.5 Å². The van der Waals surface area contributed by atoms with Gasteiger partial charge in [0.1, 0.15) is 5.75 Å². The van der Waals surface area contributed by atoms with Crippen molar-refractivity contribution in [3.05, 3.63) is 29.3 Å². The molecule has 0 radical (unpaired) electrons. The Morgan fingerprint density at radius 1 is 1.50 bits per heavy atom. The van der Waals surface area contributed by atoms with Crippen LogP contribution in [0.15, 0.2) is 18.2 Å². The van der Waals surface area contributed by atoms with Gasteiger partial charge in [0.2, 0.25) is 0 Å². The predicted octanol–water partition coefficient (Wildman–Crippen LogP) is 1.57. The molecule has 0 saturated carbocycles. The molecule has 4 heteroatoms. The fraction of sp³-hybridized carbons (Fsp3) is 0.417. The quantitative estimate of drug-likeness (QED) is 0.719. The maximum absolute atomic E-state index is 10.3. The average molecular weight is 223 g/mol. The fourth-order valence-corrected chi connectivity index (χ4v) is 1.46. The second-order valence-corrected chi connectivity index (χ2v) is 3.64. The van der Waals surface area contributed by atoms with E-state index in [2.05, 4.69) is 5.32 Å². The van der Waals surface area contributed by atoms with E-state index in [0.717, 1.165) is 16.9 Å². The van der Waals surface area contributed by atoms with Crippen LogP contribution in [-0.4, -0.2) is 24.7 Å². The number of ether oxygens (including phenoxy) is 1. The molecule has 0 aliphatic heterocycles. The van der Waals surface area contributed by atoms with Crippen molar-refractivity contribution in [2.45, 2.75) is 19.9 Å². The molecule has 0 fully saturated rings. The first kappa shape index (κ1) is 12.5. The van der Waals surface area contributed by atoms with Crippen LogP contribution in [0.5, 0.6) is 5.75 Å². The zero-order valence-electron chi connectivity index (χ0n) is 9.62. The summed E-state index contributed by atoms with van der Waals surface area (Å²) in [5.41, 5.74) is 2.21. The Kier molecular flexibility index (Phi) is 4.79. The lowest BCUT2D eigenvalue weighted by molar-refractivity contribution is -0.136. The molecule has 1 rings (SSSR count). The van der Waals surface area contributed by atoms with E-state index in [1.807, 2.05) is 25.1 Å². The largest absolute Gasteiger partial charge is 0.496 e. The SMILES string of the molecule is COc1ccc(C)cc1CNCCC(=O)O. The summed E-state index contributed by atoms with van der Waals surface area (Å²) < 4.78 is 5.22. The molecule has 0 atom stereocenters. The third-order valence-electron chi connectivity index (χ3n) is 2.27. The Morgan fingerprint density at radius 2 is 2.25 bits per heavy atom. The van der Waals surface area contributed by atoms with Crippen molar-refractivity contribution >= 4 is 5.97 Å². The predicted molar refractivity (Wildman–Crippen MR) is 61.7 cm³/mol. The highest BCUT2D eigenvalue weighted by Crippen LogP contribution is 2.19. The molecule has 1 aromatic rings. The van der Waals surface area contributed by atoms with Gasteiger partial charge in [-0.2, -0.15) is 0 Å². The van der Waals surface area contributed by atoms with Crippen LogP contribution in [0.2, 0.25) is 0 Å². The second kappa shape index (κ2) is 6.12. The monoisotopic (exact) mass is 223 g/mol. The summed E-state index contributed by atoms with van der Waals surface area (Å²) in [6.07, 6.45) is 0.133. The van der Waals surface area contributed by atoms with Gasteiger partial charge in [0.25, 0.3) is 0 Å². The summed E-state index contributed by atoms with van der Waals surface area (Å²) >= 11 is 0. The highest BCUT2D eigenvalue weighted by Gasteiger charge is 2.03. The molecule has 0 heterocycles. The van der Waals surface area contributed by atoms with Crippen LogP contribution in [0, 0.1) is 6.92 Å². The minimum absolute atomic E-state index is 0.133. The van der Waals surface area contributed by atoms with Crippen LogP contribution in [-0.2, 0) is 11.3 Å². The first-order valence-corrected chi connectivity index (χ1v) is 5.19.